The topological polar surface area (TPSA) is 71.1 Å². The van der Waals surface area contributed by atoms with E-state index in [0.29, 0.717) is 36.0 Å². The van der Waals surface area contributed by atoms with Gasteiger partial charge >= 0.3 is 5.97 Å². The Hall–Kier alpha value is -3.42. The van der Waals surface area contributed by atoms with Crippen molar-refractivity contribution in [3.8, 4) is 17.2 Å². The fraction of sp³-hybridized carbons (Fsp3) is 0.200. The fourth-order valence-electron chi connectivity index (χ4n) is 2.53. The van der Waals surface area contributed by atoms with Crippen LogP contribution in [0.3, 0.4) is 0 Å². The van der Waals surface area contributed by atoms with Crippen LogP contribution >= 0.6 is 0 Å². The number of ether oxygens (including phenoxy) is 4. The summed E-state index contributed by atoms with van der Waals surface area (Å²) >= 11 is 0. The molecule has 2 aromatic carbocycles. The standard InChI is InChI=1S/C20H16F2O6/c1-25-17-8-12(9-18-20(17)27-7-6-26-18)2-5-19(24)28-11-16(23)14-10-13(21)3-4-15(14)22/h2-5,8-10H,6-7,11H2,1H3/b5-2+. The molecular formula is C20H16F2O6. The smallest absolute Gasteiger partial charge is 0.331 e. The number of methoxy groups -OCH3 is 1. The number of benzene rings is 2. The fourth-order valence-corrected chi connectivity index (χ4v) is 2.53. The first-order chi connectivity index (χ1) is 13.5. The molecule has 1 aliphatic heterocycles. The van der Waals surface area contributed by atoms with E-state index < -0.39 is 35.6 Å². The molecule has 28 heavy (non-hydrogen) atoms. The summed E-state index contributed by atoms with van der Waals surface area (Å²) in [5.74, 6) is -1.91. The molecule has 0 spiro atoms. The minimum atomic E-state index is -0.888. The van der Waals surface area contributed by atoms with E-state index >= 15 is 0 Å². The molecule has 0 N–H and O–H groups in total. The zero-order valence-electron chi connectivity index (χ0n) is 14.9. The average molecular weight is 390 g/mol. The largest absolute Gasteiger partial charge is 0.493 e. The summed E-state index contributed by atoms with van der Waals surface area (Å²) < 4.78 is 47.7. The third-order valence-corrected chi connectivity index (χ3v) is 3.84. The first kappa shape index (κ1) is 19.3. The molecule has 3 rings (SSSR count). The molecule has 0 saturated carbocycles. The summed E-state index contributed by atoms with van der Waals surface area (Å²) in [6, 6.07) is 5.78. The van der Waals surface area contributed by atoms with Crippen LogP contribution in [-0.4, -0.2) is 38.7 Å². The SMILES string of the molecule is COc1cc(/C=C/C(=O)OCC(=O)c2cc(F)ccc2F)cc2c1OCCO2. The highest BCUT2D eigenvalue weighted by atomic mass is 19.1. The lowest BCUT2D eigenvalue weighted by atomic mass is 10.1. The second-order valence-electron chi connectivity index (χ2n) is 5.74. The van der Waals surface area contributed by atoms with Crippen molar-refractivity contribution >= 4 is 17.8 Å². The van der Waals surface area contributed by atoms with Crippen molar-refractivity contribution < 1.29 is 37.3 Å². The van der Waals surface area contributed by atoms with Crippen molar-refractivity contribution in [2.24, 2.45) is 0 Å². The lowest BCUT2D eigenvalue weighted by Gasteiger charge is -2.20. The highest BCUT2D eigenvalue weighted by Crippen LogP contribution is 2.40. The monoisotopic (exact) mass is 390 g/mol. The molecule has 0 radical (unpaired) electrons. The molecule has 0 saturated heterocycles. The number of carbonyl (C=O) groups excluding carboxylic acids is 2. The molecule has 0 aliphatic carbocycles. The van der Waals surface area contributed by atoms with E-state index in [4.69, 9.17) is 18.9 Å². The van der Waals surface area contributed by atoms with Gasteiger partial charge in [-0.15, -0.1) is 0 Å². The molecule has 0 bridgehead atoms. The van der Waals surface area contributed by atoms with E-state index in [2.05, 4.69) is 0 Å². The third-order valence-electron chi connectivity index (χ3n) is 3.84. The Kier molecular flexibility index (Phi) is 5.88. The Bertz CT molecular complexity index is 921. The molecule has 0 unspecified atom stereocenters. The maximum atomic E-state index is 13.5. The van der Waals surface area contributed by atoms with E-state index in [0.717, 1.165) is 24.3 Å². The van der Waals surface area contributed by atoms with Crippen LogP contribution in [0, 0.1) is 11.6 Å². The van der Waals surface area contributed by atoms with Gasteiger partial charge in [-0.05, 0) is 42.0 Å². The lowest BCUT2D eigenvalue weighted by molar-refractivity contribution is -0.136. The van der Waals surface area contributed by atoms with Gasteiger partial charge in [0.1, 0.15) is 24.8 Å². The highest BCUT2D eigenvalue weighted by molar-refractivity contribution is 5.99. The maximum absolute atomic E-state index is 13.5. The van der Waals surface area contributed by atoms with Gasteiger partial charge in [0.25, 0.3) is 0 Å². The van der Waals surface area contributed by atoms with E-state index in [1.165, 1.54) is 13.2 Å². The summed E-state index contributed by atoms with van der Waals surface area (Å²) in [4.78, 5) is 23.7. The van der Waals surface area contributed by atoms with E-state index in [9.17, 15) is 18.4 Å². The second-order valence-corrected chi connectivity index (χ2v) is 5.74. The third kappa shape index (κ3) is 4.46. The Labute approximate surface area is 159 Å². The average Bonchev–Trinajstić information content (AvgIpc) is 2.71. The molecule has 6 nitrogen and oxygen atoms in total. The number of hydrogen-bond acceptors (Lipinski definition) is 6. The molecule has 0 aromatic heterocycles. The predicted octanol–water partition coefficient (Wildman–Crippen LogP) is 3.18. The quantitative estimate of drug-likeness (QED) is 0.429. The summed E-state index contributed by atoms with van der Waals surface area (Å²) in [6.07, 6.45) is 2.54. The van der Waals surface area contributed by atoms with Gasteiger partial charge in [0.15, 0.2) is 18.1 Å². The van der Waals surface area contributed by atoms with Crippen LogP contribution in [-0.2, 0) is 9.53 Å². The minimum absolute atomic E-state index is 0.393. The van der Waals surface area contributed by atoms with Crippen LogP contribution in [0.4, 0.5) is 8.78 Å². The molecule has 0 fully saturated rings. The number of fused-ring (bicyclic) bond motifs is 1. The van der Waals surface area contributed by atoms with Gasteiger partial charge in [-0.1, -0.05) is 0 Å². The number of halogens is 2. The van der Waals surface area contributed by atoms with Crippen LogP contribution in [0.2, 0.25) is 0 Å². The maximum Gasteiger partial charge on any atom is 0.331 e. The van der Waals surface area contributed by atoms with Crippen LogP contribution in [0.15, 0.2) is 36.4 Å². The number of rotatable bonds is 6. The first-order valence-electron chi connectivity index (χ1n) is 8.28. The second kappa shape index (κ2) is 8.51. The summed E-state index contributed by atoms with van der Waals surface area (Å²) in [6.45, 7) is 0.0862. The number of carbonyl (C=O) groups is 2. The first-order valence-corrected chi connectivity index (χ1v) is 8.28. The van der Waals surface area contributed by atoms with Crippen molar-refractivity contribution in [1.82, 2.24) is 0 Å². The number of hydrogen-bond donors (Lipinski definition) is 0. The van der Waals surface area contributed by atoms with E-state index in [-0.39, 0.29) is 0 Å². The van der Waals surface area contributed by atoms with Gasteiger partial charge in [0, 0.05) is 6.08 Å². The van der Waals surface area contributed by atoms with Gasteiger partial charge in [-0.25, -0.2) is 13.6 Å². The van der Waals surface area contributed by atoms with Gasteiger partial charge in [0.05, 0.1) is 12.7 Å². The van der Waals surface area contributed by atoms with E-state index in [1.54, 1.807) is 12.1 Å². The number of Topliss-reactive ketones (excluding diaryl/α,β-unsaturated/α-hetero) is 1. The van der Waals surface area contributed by atoms with Crippen molar-refractivity contribution in [2.45, 2.75) is 0 Å². The molecule has 1 aliphatic rings. The Morgan fingerprint density at radius 2 is 1.93 bits per heavy atom. The van der Waals surface area contributed by atoms with E-state index in [1.807, 2.05) is 0 Å². The van der Waals surface area contributed by atoms with Gasteiger partial charge < -0.3 is 18.9 Å². The minimum Gasteiger partial charge on any atom is -0.493 e. The summed E-state index contributed by atoms with van der Waals surface area (Å²) in [7, 11) is 1.48. The highest BCUT2D eigenvalue weighted by Gasteiger charge is 2.18. The molecule has 2 aromatic rings. The zero-order valence-corrected chi connectivity index (χ0v) is 14.9. The molecule has 8 heteroatoms. The van der Waals surface area contributed by atoms with Crippen LogP contribution in [0.5, 0.6) is 17.2 Å². The lowest BCUT2D eigenvalue weighted by Crippen LogP contribution is -2.16. The van der Waals surface area contributed by atoms with Crippen molar-refractivity contribution in [3.05, 3.63) is 59.2 Å². The number of ketones is 1. The van der Waals surface area contributed by atoms with Crippen LogP contribution in [0.1, 0.15) is 15.9 Å². The van der Waals surface area contributed by atoms with Gasteiger partial charge in [0.2, 0.25) is 11.5 Å². The summed E-state index contributed by atoms with van der Waals surface area (Å²) in [5, 5.41) is 0. The van der Waals surface area contributed by atoms with Gasteiger partial charge in [-0.2, -0.15) is 0 Å². The zero-order chi connectivity index (χ0) is 20.1. The normalized spacial score (nSPS) is 12.7. The summed E-state index contributed by atoms with van der Waals surface area (Å²) in [5.41, 5.74) is 0.105. The van der Waals surface area contributed by atoms with Crippen molar-refractivity contribution in [3.63, 3.8) is 0 Å². The molecule has 1 heterocycles. The van der Waals surface area contributed by atoms with Gasteiger partial charge in [-0.3, -0.25) is 4.79 Å². The molecule has 146 valence electrons. The Morgan fingerprint density at radius 3 is 2.71 bits per heavy atom. The Balaban J connectivity index is 1.64. The van der Waals surface area contributed by atoms with Crippen LogP contribution < -0.4 is 14.2 Å². The van der Waals surface area contributed by atoms with Crippen LogP contribution in [0.25, 0.3) is 6.08 Å². The van der Waals surface area contributed by atoms with Crippen molar-refractivity contribution in [2.75, 3.05) is 26.9 Å². The molecule has 0 amide bonds. The predicted molar refractivity (Wildman–Crippen MR) is 94.7 cm³/mol. The van der Waals surface area contributed by atoms with Crippen molar-refractivity contribution in [1.29, 1.82) is 0 Å². The molecular weight excluding hydrogens is 374 g/mol. The molecule has 0 atom stereocenters. The Morgan fingerprint density at radius 1 is 1.14 bits per heavy atom. The number of esters is 1.